The van der Waals surface area contributed by atoms with E-state index in [1.807, 2.05) is 6.41 Å². The van der Waals surface area contributed by atoms with Crippen LogP contribution < -0.4 is 5.32 Å². The molecule has 1 aliphatic rings. The molecule has 1 saturated heterocycles. The molecule has 1 heterocycles. The highest BCUT2D eigenvalue weighted by atomic mass is 16.1. The Hall–Kier alpha value is -0.570. The predicted octanol–water partition coefficient (Wildman–Crippen LogP) is -0.0166. The molecule has 1 rings (SSSR count). The fraction of sp³-hybridized carbons (Fsp3) is 0.875. The first-order valence-electron chi connectivity index (χ1n) is 4.11. The van der Waals surface area contributed by atoms with Crippen molar-refractivity contribution in [2.75, 3.05) is 19.6 Å². The Balaban J connectivity index is 2.51. The summed E-state index contributed by atoms with van der Waals surface area (Å²) in [6.07, 6.45) is 1.98. The lowest BCUT2D eigenvalue weighted by molar-refractivity contribution is 0.199. The summed E-state index contributed by atoms with van der Waals surface area (Å²) in [5, 5.41) is 3.26. The normalized spacial score (nSPS) is 25.7. The second kappa shape index (κ2) is 3.72. The number of nitrogens with zero attached hydrogens (tertiary/aromatic N) is 1. The van der Waals surface area contributed by atoms with E-state index in [0.717, 1.165) is 19.6 Å². The Kier molecular flexibility index (Phi) is 2.88. The molecule has 0 aromatic heterocycles. The fourth-order valence-corrected chi connectivity index (χ4v) is 1.43. The van der Waals surface area contributed by atoms with E-state index in [1.165, 1.54) is 0 Å². The Bertz CT molecular complexity index is 136. The topological polar surface area (TPSA) is 32.3 Å². The minimum atomic E-state index is 0.334. The van der Waals surface area contributed by atoms with Crippen LogP contribution in [0.4, 0.5) is 0 Å². The van der Waals surface area contributed by atoms with Crippen molar-refractivity contribution in [1.29, 1.82) is 0 Å². The highest BCUT2D eigenvalue weighted by Gasteiger charge is 2.23. The van der Waals surface area contributed by atoms with Crippen LogP contribution in [0.2, 0.25) is 0 Å². The van der Waals surface area contributed by atoms with Crippen LogP contribution in [-0.4, -0.2) is 37.0 Å². The maximum Gasteiger partial charge on any atom is 0.312 e. The molecule has 0 aliphatic carbocycles. The molecule has 63 valence electrons. The predicted molar refractivity (Wildman–Crippen MR) is 43.9 cm³/mol. The van der Waals surface area contributed by atoms with Crippen molar-refractivity contribution >= 4 is 6.41 Å². The van der Waals surface area contributed by atoms with Gasteiger partial charge in [-0.05, 0) is 5.92 Å². The maximum atomic E-state index is 10.4. The molecule has 0 aromatic carbocycles. The Morgan fingerprint density at radius 1 is 1.64 bits per heavy atom. The molecule has 1 aliphatic heterocycles. The van der Waals surface area contributed by atoms with E-state index in [4.69, 9.17) is 0 Å². The van der Waals surface area contributed by atoms with Crippen molar-refractivity contribution in [1.82, 2.24) is 10.2 Å². The SMILES string of the molecule is CC(C)C1CNCCN1[C]=O. The zero-order chi connectivity index (χ0) is 8.27. The van der Waals surface area contributed by atoms with Gasteiger partial charge in [-0.3, -0.25) is 4.79 Å². The molecular weight excluding hydrogens is 140 g/mol. The number of nitrogens with one attached hydrogen (secondary N) is 1. The number of rotatable bonds is 2. The maximum absolute atomic E-state index is 10.4. The van der Waals surface area contributed by atoms with Crippen molar-refractivity contribution in [3.63, 3.8) is 0 Å². The Morgan fingerprint density at radius 2 is 2.36 bits per heavy atom. The van der Waals surface area contributed by atoms with Crippen molar-refractivity contribution in [3.8, 4) is 0 Å². The zero-order valence-electron chi connectivity index (χ0n) is 7.13. The molecule has 1 radical (unpaired) electrons. The second-order valence-electron chi connectivity index (χ2n) is 3.30. The monoisotopic (exact) mass is 155 g/mol. The van der Waals surface area contributed by atoms with Crippen LogP contribution in [0.25, 0.3) is 0 Å². The van der Waals surface area contributed by atoms with Crippen LogP contribution >= 0.6 is 0 Å². The van der Waals surface area contributed by atoms with Crippen LogP contribution in [0, 0.1) is 5.92 Å². The smallest absolute Gasteiger partial charge is 0.312 e. The second-order valence-corrected chi connectivity index (χ2v) is 3.30. The van der Waals surface area contributed by atoms with E-state index in [0.29, 0.717) is 12.0 Å². The van der Waals surface area contributed by atoms with Crippen LogP contribution in [0.5, 0.6) is 0 Å². The molecule has 0 spiro atoms. The molecule has 0 bridgehead atoms. The highest BCUT2D eigenvalue weighted by Crippen LogP contribution is 2.10. The largest absolute Gasteiger partial charge is 0.329 e. The lowest BCUT2D eigenvalue weighted by Crippen LogP contribution is -2.52. The minimum Gasteiger partial charge on any atom is -0.329 e. The van der Waals surface area contributed by atoms with Gasteiger partial charge in [0.25, 0.3) is 0 Å². The number of hydrogen-bond donors (Lipinski definition) is 1. The Labute approximate surface area is 67.8 Å². The molecular formula is C8H15N2O. The van der Waals surface area contributed by atoms with Crippen LogP contribution in [0.15, 0.2) is 0 Å². The summed E-state index contributed by atoms with van der Waals surface area (Å²) < 4.78 is 0. The van der Waals surface area contributed by atoms with Crippen LogP contribution in [0.1, 0.15) is 13.8 Å². The number of carbonyl (C=O) groups excluding carboxylic acids is 1. The van der Waals surface area contributed by atoms with Gasteiger partial charge >= 0.3 is 6.41 Å². The fourth-order valence-electron chi connectivity index (χ4n) is 1.43. The van der Waals surface area contributed by atoms with Crippen molar-refractivity contribution < 1.29 is 4.79 Å². The van der Waals surface area contributed by atoms with Gasteiger partial charge < -0.3 is 10.2 Å². The van der Waals surface area contributed by atoms with E-state index >= 15 is 0 Å². The molecule has 1 N–H and O–H groups in total. The van der Waals surface area contributed by atoms with Crippen LogP contribution in [0.3, 0.4) is 0 Å². The first-order valence-corrected chi connectivity index (χ1v) is 4.11. The van der Waals surface area contributed by atoms with Crippen LogP contribution in [-0.2, 0) is 4.79 Å². The van der Waals surface area contributed by atoms with Gasteiger partial charge in [0.15, 0.2) is 0 Å². The summed E-state index contributed by atoms with van der Waals surface area (Å²) in [6.45, 7) is 6.86. The first kappa shape index (κ1) is 8.53. The average Bonchev–Trinajstić information content (AvgIpc) is 2.04. The molecule has 1 amide bonds. The summed E-state index contributed by atoms with van der Waals surface area (Å²) in [5.74, 6) is 0.518. The third-order valence-corrected chi connectivity index (χ3v) is 2.17. The van der Waals surface area contributed by atoms with E-state index in [1.54, 1.807) is 4.90 Å². The standard InChI is InChI=1S/C8H15N2O/c1-7(2)8-5-9-3-4-10(8)6-11/h7-9H,3-5H2,1-2H3. The lowest BCUT2D eigenvalue weighted by Gasteiger charge is -2.35. The molecule has 0 aromatic rings. The lowest BCUT2D eigenvalue weighted by atomic mass is 10.0. The van der Waals surface area contributed by atoms with Gasteiger partial charge in [0.05, 0.1) is 0 Å². The summed E-state index contributed by atoms with van der Waals surface area (Å²) in [5.41, 5.74) is 0. The summed E-state index contributed by atoms with van der Waals surface area (Å²) >= 11 is 0. The van der Waals surface area contributed by atoms with Crippen molar-refractivity contribution in [3.05, 3.63) is 0 Å². The van der Waals surface area contributed by atoms with Gasteiger partial charge in [-0.1, -0.05) is 13.8 Å². The third-order valence-electron chi connectivity index (χ3n) is 2.17. The van der Waals surface area contributed by atoms with Gasteiger partial charge in [0.1, 0.15) is 0 Å². The number of piperazine rings is 1. The molecule has 0 saturated carbocycles. The van der Waals surface area contributed by atoms with Crippen molar-refractivity contribution in [2.24, 2.45) is 5.92 Å². The van der Waals surface area contributed by atoms with Gasteiger partial charge in [0.2, 0.25) is 0 Å². The molecule has 3 nitrogen and oxygen atoms in total. The van der Waals surface area contributed by atoms with Gasteiger partial charge in [-0.15, -0.1) is 0 Å². The van der Waals surface area contributed by atoms with E-state index < -0.39 is 0 Å². The Morgan fingerprint density at radius 3 is 2.82 bits per heavy atom. The average molecular weight is 155 g/mol. The van der Waals surface area contributed by atoms with E-state index in [-0.39, 0.29) is 0 Å². The van der Waals surface area contributed by atoms with Gasteiger partial charge in [-0.25, -0.2) is 0 Å². The number of hydrogen-bond acceptors (Lipinski definition) is 2. The molecule has 3 heteroatoms. The summed E-state index contributed by atoms with van der Waals surface area (Å²) in [4.78, 5) is 12.2. The summed E-state index contributed by atoms with van der Waals surface area (Å²) in [7, 11) is 0. The molecule has 11 heavy (non-hydrogen) atoms. The van der Waals surface area contributed by atoms with E-state index in [9.17, 15) is 4.79 Å². The quantitative estimate of drug-likeness (QED) is 0.608. The highest BCUT2D eigenvalue weighted by molar-refractivity contribution is 5.49. The third kappa shape index (κ3) is 1.93. The summed E-state index contributed by atoms with van der Waals surface area (Å²) in [6, 6.07) is 0.334. The van der Waals surface area contributed by atoms with Gasteiger partial charge in [-0.2, -0.15) is 0 Å². The first-order chi connectivity index (χ1) is 5.25. The minimum absolute atomic E-state index is 0.334. The van der Waals surface area contributed by atoms with E-state index in [2.05, 4.69) is 19.2 Å². The zero-order valence-corrected chi connectivity index (χ0v) is 7.13. The molecule has 1 atom stereocenters. The molecule has 1 fully saturated rings. The molecule has 1 unspecified atom stereocenters. The van der Waals surface area contributed by atoms with Crippen molar-refractivity contribution in [2.45, 2.75) is 19.9 Å². The van der Waals surface area contributed by atoms with Gasteiger partial charge in [0, 0.05) is 25.7 Å². The number of amides is 1.